The monoisotopic (exact) mass is 497 g/mol. The first-order valence-corrected chi connectivity index (χ1v) is 12.4. The number of fused-ring (bicyclic) bond motifs is 1. The van der Waals surface area contributed by atoms with Crippen LogP contribution in [0.1, 0.15) is 27.8 Å². The lowest BCUT2D eigenvalue weighted by Crippen LogP contribution is -2.42. The fraction of sp³-hybridized carbons (Fsp3) is 0.0909. The lowest BCUT2D eigenvalue weighted by atomic mass is 10.1. The molecule has 0 fully saturated rings. The number of aryl methyl sites for hydroxylation is 1. The van der Waals surface area contributed by atoms with Crippen LogP contribution in [0.5, 0.6) is 0 Å². The van der Waals surface area contributed by atoms with Crippen LogP contribution in [-0.2, 0) is 16.6 Å². The molecule has 0 aliphatic rings. The van der Waals surface area contributed by atoms with Gasteiger partial charge in [0.05, 0.1) is 5.39 Å². The third-order valence-electron chi connectivity index (χ3n) is 4.81. The molecule has 34 heavy (non-hydrogen) atoms. The molecule has 0 aliphatic heterocycles. The first-order chi connectivity index (χ1) is 16.3. The summed E-state index contributed by atoms with van der Waals surface area (Å²) in [6, 6.07) is 15.5. The van der Waals surface area contributed by atoms with E-state index in [1.807, 2.05) is 0 Å². The van der Waals surface area contributed by atoms with E-state index in [1.54, 1.807) is 42.6 Å². The summed E-state index contributed by atoms with van der Waals surface area (Å²) in [5.74, 6) is -1.38. The second-order valence-corrected chi connectivity index (χ2v) is 9.90. The highest BCUT2D eigenvalue weighted by molar-refractivity contribution is 7.94. The number of aromatic nitrogens is 2. The average molecular weight is 498 g/mol. The third kappa shape index (κ3) is 4.67. The van der Waals surface area contributed by atoms with E-state index in [0.717, 1.165) is 11.3 Å². The Morgan fingerprint density at radius 2 is 1.71 bits per heavy atom. The number of anilines is 1. The Hall–Kier alpha value is -4.03. The minimum absolute atomic E-state index is 0.0187. The summed E-state index contributed by atoms with van der Waals surface area (Å²) in [6.45, 7) is 2.00. The van der Waals surface area contributed by atoms with Crippen molar-refractivity contribution in [2.75, 3.05) is 4.72 Å². The van der Waals surface area contributed by atoms with Crippen LogP contribution >= 0.6 is 11.3 Å². The molecular weight excluding hydrogens is 478 g/mol. The van der Waals surface area contributed by atoms with Gasteiger partial charge in [0.25, 0.3) is 27.4 Å². The molecule has 174 valence electrons. The van der Waals surface area contributed by atoms with E-state index in [1.165, 1.54) is 35.0 Å². The average Bonchev–Trinajstić information content (AvgIpc) is 3.39. The number of nitrogens with one attached hydrogen (secondary N) is 3. The molecule has 2 amide bonds. The van der Waals surface area contributed by atoms with Gasteiger partial charge in [-0.15, -0.1) is 11.3 Å². The van der Waals surface area contributed by atoms with Gasteiger partial charge in [0, 0.05) is 23.2 Å². The largest absolute Gasteiger partial charge is 0.290 e. The highest BCUT2D eigenvalue weighted by Crippen LogP contribution is 2.21. The van der Waals surface area contributed by atoms with E-state index in [4.69, 9.17) is 0 Å². The van der Waals surface area contributed by atoms with Gasteiger partial charge < -0.3 is 0 Å². The van der Waals surface area contributed by atoms with Gasteiger partial charge in [-0.2, -0.15) is 5.10 Å². The molecule has 0 saturated heterocycles. The maximum absolute atomic E-state index is 12.8. The fourth-order valence-electron chi connectivity index (χ4n) is 3.21. The Labute approximate surface area is 198 Å². The highest BCUT2D eigenvalue weighted by atomic mass is 32.2. The van der Waals surface area contributed by atoms with Crippen molar-refractivity contribution in [1.29, 1.82) is 0 Å². The van der Waals surface area contributed by atoms with Gasteiger partial charge >= 0.3 is 0 Å². The molecule has 4 aromatic rings. The van der Waals surface area contributed by atoms with Gasteiger partial charge in [-0.25, -0.2) is 13.1 Å². The van der Waals surface area contributed by atoms with Crippen LogP contribution in [0.4, 0.5) is 5.69 Å². The number of sulfonamides is 1. The predicted molar refractivity (Wildman–Crippen MR) is 128 cm³/mol. The summed E-state index contributed by atoms with van der Waals surface area (Å²) in [5, 5.41) is 6.45. The van der Waals surface area contributed by atoms with Crippen LogP contribution in [0, 0.1) is 0 Å². The van der Waals surface area contributed by atoms with Crippen molar-refractivity contribution in [2.45, 2.75) is 17.7 Å². The minimum atomic E-state index is -3.77. The second kappa shape index (κ2) is 9.45. The first kappa shape index (κ1) is 23.1. The molecule has 10 nitrogen and oxygen atoms in total. The summed E-state index contributed by atoms with van der Waals surface area (Å²) in [4.78, 5) is 37.8. The smallest absolute Gasteiger partial charge is 0.279 e. The molecule has 2 heterocycles. The minimum Gasteiger partial charge on any atom is -0.279 e. The van der Waals surface area contributed by atoms with Crippen LogP contribution in [0.15, 0.2) is 75.0 Å². The molecule has 0 spiro atoms. The van der Waals surface area contributed by atoms with Crippen LogP contribution in [0.2, 0.25) is 0 Å². The maximum Gasteiger partial charge on any atom is 0.290 e. The molecule has 3 N–H and O–H groups in total. The maximum atomic E-state index is 12.8. The number of thiophene rings is 1. The molecule has 0 atom stereocenters. The SMILES string of the molecule is CCn1nc(C(=O)NNC(=O)c2cccc(NS(=O)(=O)c3cccs3)c2)c2ccccc2c1=O. The van der Waals surface area contributed by atoms with E-state index in [9.17, 15) is 22.8 Å². The molecule has 0 radical (unpaired) electrons. The summed E-state index contributed by atoms with van der Waals surface area (Å²) in [6.07, 6.45) is 0. The number of hydrazine groups is 1. The molecule has 2 aromatic heterocycles. The van der Waals surface area contributed by atoms with E-state index < -0.39 is 21.8 Å². The van der Waals surface area contributed by atoms with Crippen molar-refractivity contribution < 1.29 is 18.0 Å². The molecule has 4 rings (SSSR count). The van der Waals surface area contributed by atoms with Crippen LogP contribution < -0.4 is 21.1 Å². The molecule has 0 unspecified atom stereocenters. The fourth-order valence-corrected chi connectivity index (χ4v) is 5.25. The molecule has 12 heteroatoms. The normalized spacial score (nSPS) is 11.2. The van der Waals surface area contributed by atoms with Gasteiger partial charge in [-0.3, -0.25) is 30.0 Å². The Morgan fingerprint density at radius 3 is 2.41 bits per heavy atom. The predicted octanol–water partition coefficient (Wildman–Crippen LogP) is 2.35. The molecule has 0 saturated carbocycles. The quantitative estimate of drug-likeness (QED) is 0.350. The Kier molecular flexibility index (Phi) is 6.43. The summed E-state index contributed by atoms with van der Waals surface area (Å²) >= 11 is 1.07. The molecule has 2 aromatic carbocycles. The summed E-state index contributed by atoms with van der Waals surface area (Å²) < 4.78 is 28.5. The lowest BCUT2D eigenvalue weighted by Gasteiger charge is -2.11. The summed E-state index contributed by atoms with van der Waals surface area (Å²) in [7, 11) is -3.77. The number of rotatable bonds is 6. The molecular formula is C22H19N5O5S2. The second-order valence-electron chi connectivity index (χ2n) is 7.04. The Morgan fingerprint density at radius 1 is 0.971 bits per heavy atom. The number of nitrogens with zero attached hydrogens (tertiary/aromatic N) is 2. The van der Waals surface area contributed by atoms with Gasteiger partial charge in [-0.1, -0.05) is 30.3 Å². The van der Waals surface area contributed by atoms with Gasteiger partial charge in [0.1, 0.15) is 4.21 Å². The van der Waals surface area contributed by atoms with Crippen molar-refractivity contribution in [3.63, 3.8) is 0 Å². The molecule has 0 aliphatic carbocycles. The zero-order valence-corrected chi connectivity index (χ0v) is 19.4. The van der Waals surface area contributed by atoms with E-state index >= 15 is 0 Å². The van der Waals surface area contributed by atoms with Crippen LogP contribution in [0.25, 0.3) is 10.8 Å². The van der Waals surface area contributed by atoms with Crippen molar-refractivity contribution in [3.8, 4) is 0 Å². The van der Waals surface area contributed by atoms with Crippen molar-refractivity contribution in [1.82, 2.24) is 20.6 Å². The third-order valence-corrected chi connectivity index (χ3v) is 7.59. The Balaban J connectivity index is 1.51. The van der Waals surface area contributed by atoms with E-state index in [-0.39, 0.29) is 33.3 Å². The Bertz CT molecular complexity index is 1550. The molecule has 0 bridgehead atoms. The lowest BCUT2D eigenvalue weighted by molar-refractivity contribution is 0.0843. The number of benzene rings is 2. The van der Waals surface area contributed by atoms with Gasteiger partial charge in [-0.05, 0) is 42.6 Å². The highest BCUT2D eigenvalue weighted by Gasteiger charge is 2.18. The van der Waals surface area contributed by atoms with Gasteiger partial charge in [0.2, 0.25) is 0 Å². The van der Waals surface area contributed by atoms with Crippen molar-refractivity contribution in [2.24, 2.45) is 0 Å². The zero-order valence-electron chi connectivity index (χ0n) is 17.8. The number of carbonyl (C=O) groups is 2. The van der Waals surface area contributed by atoms with Gasteiger partial charge in [0.15, 0.2) is 5.69 Å². The summed E-state index contributed by atoms with van der Waals surface area (Å²) in [5.41, 5.74) is 4.55. The van der Waals surface area contributed by atoms with E-state index in [0.29, 0.717) is 10.8 Å². The van der Waals surface area contributed by atoms with Crippen molar-refractivity contribution in [3.05, 3.63) is 87.7 Å². The number of carbonyl (C=O) groups excluding carboxylic acids is 2. The van der Waals surface area contributed by atoms with Crippen LogP contribution in [0.3, 0.4) is 0 Å². The number of hydrogen-bond acceptors (Lipinski definition) is 7. The number of amides is 2. The number of hydrogen-bond donors (Lipinski definition) is 3. The van der Waals surface area contributed by atoms with Crippen LogP contribution in [-0.4, -0.2) is 30.0 Å². The van der Waals surface area contributed by atoms with E-state index in [2.05, 4.69) is 20.7 Å². The topological polar surface area (TPSA) is 139 Å². The first-order valence-electron chi connectivity index (χ1n) is 10.1. The standard InChI is InChI=1S/C22H19N5O5S2/c1-2-27-22(30)17-10-4-3-9-16(17)19(25-27)21(29)24-23-20(28)14-7-5-8-15(13-14)26-34(31,32)18-11-6-12-33-18/h3-13,26H,2H2,1H3,(H,23,28)(H,24,29). The van der Waals surface area contributed by atoms with Crippen molar-refractivity contribution >= 4 is 49.6 Å². The zero-order chi connectivity index (χ0) is 24.3.